The Kier molecular flexibility index (Phi) is 3.87. The molecule has 1 saturated carbocycles. The van der Waals surface area contributed by atoms with E-state index in [0.717, 1.165) is 22.9 Å². The predicted octanol–water partition coefficient (Wildman–Crippen LogP) is 3.56. The van der Waals surface area contributed by atoms with E-state index >= 15 is 0 Å². The Labute approximate surface area is 112 Å². The molecule has 1 aromatic carbocycles. The summed E-state index contributed by atoms with van der Waals surface area (Å²) in [6.45, 7) is -0.560. The molecule has 0 atom stereocenters. The second-order valence-corrected chi connectivity index (χ2v) is 5.46. The first-order valence-corrected chi connectivity index (χ1v) is 6.49. The first kappa shape index (κ1) is 13.7. The number of nitrogen functional groups attached to an aromatic ring is 1. The standard InChI is InChI=1S/C12H14BrF3N2/c13-10-4-1-8(5-11(10)17)6-18(9-2-3-9)7-12(14,15)16/h1,4-5,9H,2-3,6-7,17H2. The van der Waals surface area contributed by atoms with Crippen molar-refractivity contribution in [1.82, 2.24) is 4.90 Å². The normalized spacial score (nSPS) is 16.3. The van der Waals surface area contributed by atoms with Gasteiger partial charge in [0, 0.05) is 22.7 Å². The Balaban J connectivity index is 2.06. The van der Waals surface area contributed by atoms with E-state index in [9.17, 15) is 13.2 Å². The molecule has 2 N–H and O–H groups in total. The van der Waals surface area contributed by atoms with Crippen molar-refractivity contribution >= 4 is 21.6 Å². The minimum absolute atomic E-state index is 0.0662. The summed E-state index contributed by atoms with van der Waals surface area (Å²) in [5.41, 5.74) is 7.09. The molecule has 2 nitrogen and oxygen atoms in total. The number of halogens is 4. The van der Waals surface area contributed by atoms with Gasteiger partial charge in [0.15, 0.2) is 0 Å². The van der Waals surface area contributed by atoms with E-state index in [4.69, 9.17) is 5.73 Å². The monoisotopic (exact) mass is 322 g/mol. The molecule has 0 bridgehead atoms. The number of anilines is 1. The minimum atomic E-state index is -4.15. The smallest absolute Gasteiger partial charge is 0.398 e. The Hall–Kier alpha value is -0.750. The van der Waals surface area contributed by atoms with Crippen LogP contribution in [0.1, 0.15) is 18.4 Å². The topological polar surface area (TPSA) is 29.3 Å². The number of nitrogens with two attached hydrogens (primary N) is 1. The predicted molar refractivity (Wildman–Crippen MR) is 68.0 cm³/mol. The van der Waals surface area contributed by atoms with Crippen LogP contribution in [0.3, 0.4) is 0 Å². The van der Waals surface area contributed by atoms with Crippen molar-refractivity contribution in [3.05, 3.63) is 28.2 Å². The molecule has 0 aromatic heterocycles. The van der Waals surface area contributed by atoms with E-state index in [-0.39, 0.29) is 6.04 Å². The van der Waals surface area contributed by atoms with Crippen LogP contribution in [0.2, 0.25) is 0 Å². The first-order valence-electron chi connectivity index (χ1n) is 5.70. The van der Waals surface area contributed by atoms with E-state index in [2.05, 4.69) is 15.9 Å². The van der Waals surface area contributed by atoms with E-state index in [0.29, 0.717) is 12.2 Å². The zero-order chi connectivity index (χ0) is 13.3. The van der Waals surface area contributed by atoms with Crippen LogP contribution in [0.25, 0.3) is 0 Å². The largest absolute Gasteiger partial charge is 0.401 e. The zero-order valence-corrected chi connectivity index (χ0v) is 11.3. The molecule has 6 heteroatoms. The summed E-state index contributed by atoms with van der Waals surface area (Å²) in [6.07, 6.45) is -2.45. The average Bonchev–Trinajstić information content (AvgIpc) is 3.04. The van der Waals surface area contributed by atoms with Crippen molar-refractivity contribution in [1.29, 1.82) is 0 Å². The maximum absolute atomic E-state index is 12.5. The van der Waals surface area contributed by atoms with Crippen molar-refractivity contribution in [2.75, 3.05) is 12.3 Å². The molecule has 18 heavy (non-hydrogen) atoms. The number of hydrogen-bond donors (Lipinski definition) is 1. The number of benzene rings is 1. The number of rotatable bonds is 4. The van der Waals surface area contributed by atoms with Gasteiger partial charge in [-0.15, -0.1) is 0 Å². The summed E-state index contributed by atoms with van der Waals surface area (Å²) in [5, 5.41) is 0. The summed E-state index contributed by atoms with van der Waals surface area (Å²) in [4.78, 5) is 1.47. The molecule has 0 amide bonds. The molecule has 0 unspecified atom stereocenters. The lowest BCUT2D eigenvalue weighted by Crippen LogP contribution is -2.35. The summed E-state index contributed by atoms with van der Waals surface area (Å²) in [5.74, 6) is 0. The average molecular weight is 323 g/mol. The highest BCUT2D eigenvalue weighted by atomic mass is 79.9. The van der Waals surface area contributed by atoms with Gasteiger partial charge in [-0.05, 0) is 46.5 Å². The van der Waals surface area contributed by atoms with E-state index in [1.807, 2.05) is 0 Å². The van der Waals surface area contributed by atoms with Crippen molar-refractivity contribution in [3.63, 3.8) is 0 Å². The second-order valence-electron chi connectivity index (χ2n) is 4.61. The molecule has 0 heterocycles. The first-order chi connectivity index (χ1) is 8.35. The molecule has 0 saturated heterocycles. The molecule has 2 rings (SSSR count). The maximum Gasteiger partial charge on any atom is 0.401 e. The van der Waals surface area contributed by atoms with Gasteiger partial charge in [0.05, 0.1) is 6.54 Å². The highest BCUT2D eigenvalue weighted by molar-refractivity contribution is 9.10. The molecule has 1 fully saturated rings. The SMILES string of the molecule is Nc1cc(CN(CC(F)(F)F)C2CC2)ccc1Br. The molecular weight excluding hydrogens is 309 g/mol. The van der Waals surface area contributed by atoms with Crippen LogP contribution in [-0.2, 0) is 6.54 Å². The van der Waals surface area contributed by atoms with Crippen LogP contribution in [-0.4, -0.2) is 23.7 Å². The third-order valence-electron chi connectivity index (χ3n) is 2.89. The van der Waals surface area contributed by atoms with Crippen LogP contribution >= 0.6 is 15.9 Å². The van der Waals surface area contributed by atoms with Crippen LogP contribution in [0.15, 0.2) is 22.7 Å². The maximum atomic E-state index is 12.5. The summed E-state index contributed by atoms with van der Waals surface area (Å²) in [7, 11) is 0. The quantitative estimate of drug-likeness (QED) is 0.859. The summed E-state index contributed by atoms with van der Waals surface area (Å²) in [6, 6.07) is 5.35. The zero-order valence-electron chi connectivity index (χ0n) is 9.67. The summed E-state index contributed by atoms with van der Waals surface area (Å²) < 4.78 is 38.2. The van der Waals surface area contributed by atoms with Gasteiger partial charge in [0.2, 0.25) is 0 Å². The van der Waals surface area contributed by atoms with Gasteiger partial charge in [0.1, 0.15) is 0 Å². The third-order valence-corrected chi connectivity index (χ3v) is 3.61. The van der Waals surface area contributed by atoms with Gasteiger partial charge in [0.25, 0.3) is 0 Å². The third kappa shape index (κ3) is 3.88. The second kappa shape index (κ2) is 5.09. The number of alkyl halides is 3. The van der Waals surface area contributed by atoms with Gasteiger partial charge in [-0.3, -0.25) is 4.90 Å². The van der Waals surface area contributed by atoms with E-state index in [1.165, 1.54) is 4.90 Å². The highest BCUT2D eigenvalue weighted by Gasteiger charge is 2.37. The van der Waals surface area contributed by atoms with Crippen molar-refractivity contribution < 1.29 is 13.2 Å². The van der Waals surface area contributed by atoms with Gasteiger partial charge in [-0.1, -0.05) is 6.07 Å². The molecule has 100 valence electrons. The Morgan fingerprint density at radius 2 is 2.00 bits per heavy atom. The molecular formula is C12H14BrF3N2. The Morgan fingerprint density at radius 3 is 2.50 bits per heavy atom. The fourth-order valence-electron chi connectivity index (χ4n) is 1.91. The minimum Gasteiger partial charge on any atom is -0.398 e. The highest BCUT2D eigenvalue weighted by Crippen LogP contribution is 2.32. The molecule has 1 aliphatic rings. The molecule has 0 spiro atoms. The van der Waals surface area contributed by atoms with Crippen molar-refractivity contribution in [2.24, 2.45) is 0 Å². The van der Waals surface area contributed by atoms with Gasteiger partial charge >= 0.3 is 6.18 Å². The molecule has 0 radical (unpaired) electrons. The number of hydrogen-bond acceptors (Lipinski definition) is 2. The summed E-state index contributed by atoms with van der Waals surface area (Å²) >= 11 is 3.27. The lowest BCUT2D eigenvalue weighted by Gasteiger charge is -2.23. The molecule has 0 aliphatic heterocycles. The lowest BCUT2D eigenvalue weighted by molar-refractivity contribution is -0.148. The van der Waals surface area contributed by atoms with Crippen LogP contribution in [0.4, 0.5) is 18.9 Å². The van der Waals surface area contributed by atoms with Crippen LogP contribution in [0.5, 0.6) is 0 Å². The van der Waals surface area contributed by atoms with Gasteiger partial charge in [-0.25, -0.2) is 0 Å². The van der Waals surface area contributed by atoms with Gasteiger partial charge < -0.3 is 5.73 Å². The van der Waals surface area contributed by atoms with Crippen LogP contribution in [0, 0.1) is 0 Å². The lowest BCUT2D eigenvalue weighted by atomic mass is 10.2. The van der Waals surface area contributed by atoms with E-state index in [1.54, 1.807) is 18.2 Å². The molecule has 1 aromatic rings. The van der Waals surface area contributed by atoms with Gasteiger partial charge in [-0.2, -0.15) is 13.2 Å². The number of nitrogens with zero attached hydrogens (tertiary/aromatic N) is 1. The van der Waals surface area contributed by atoms with Crippen LogP contribution < -0.4 is 5.73 Å². The fraction of sp³-hybridized carbons (Fsp3) is 0.500. The Bertz CT molecular complexity index is 430. The fourth-order valence-corrected chi connectivity index (χ4v) is 2.16. The Morgan fingerprint density at radius 1 is 1.33 bits per heavy atom. The van der Waals surface area contributed by atoms with E-state index < -0.39 is 12.7 Å². The van der Waals surface area contributed by atoms with Crippen molar-refractivity contribution in [2.45, 2.75) is 31.6 Å². The van der Waals surface area contributed by atoms with Crippen molar-refractivity contribution in [3.8, 4) is 0 Å². The molecule has 1 aliphatic carbocycles.